The summed E-state index contributed by atoms with van der Waals surface area (Å²) in [4.78, 5) is 10.1. The average molecular weight is 190 g/mol. The van der Waals surface area contributed by atoms with Crippen molar-refractivity contribution in [2.45, 2.75) is 39.0 Å². The van der Waals surface area contributed by atoms with Gasteiger partial charge in [0.15, 0.2) is 0 Å². The molecule has 0 fully saturated rings. The van der Waals surface area contributed by atoms with Crippen LogP contribution in [0.25, 0.3) is 0 Å². The molecule has 1 heteroatoms. The Morgan fingerprint density at radius 3 is 2.43 bits per heavy atom. The van der Waals surface area contributed by atoms with E-state index >= 15 is 0 Å². The number of carbonyl (C=O) groups is 1. The van der Waals surface area contributed by atoms with Crippen molar-refractivity contribution in [1.29, 1.82) is 0 Å². The summed E-state index contributed by atoms with van der Waals surface area (Å²) < 4.78 is 0. The Morgan fingerprint density at radius 1 is 1.07 bits per heavy atom. The number of rotatable bonds is 6. The molecule has 0 amide bonds. The monoisotopic (exact) mass is 190 g/mol. The first-order valence-electron chi connectivity index (χ1n) is 5.32. The van der Waals surface area contributed by atoms with E-state index in [4.69, 9.17) is 0 Å². The van der Waals surface area contributed by atoms with Crippen LogP contribution in [0.15, 0.2) is 24.3 Å². The molecule has 0 unspecified atom stereocenters. The molecule has 76 valence electrons. The number of benzene rings is 1. The van der Waals surface area contributed by atoms with Crippen LogP contribution in [0.1, 0.15) is 36.8 Å². The molecule has 1 aromatic rings. The Hall–Kier alpha value is -1.11. The minimum atomic E-state index is 0.716. The average Bonchev–Trinajstić information content (AvgIpc) is 2.21. The predicted molar refractivity (Wildman–Crippen MR) is 59.4 cm³/mol. The molecule has 1 rings (SSSR count). The van der Waals surface area contributed by atoms with Gasteiger partial charge in [0.05, 0.1) is 0 Å². The van der Waals surface area contributed by atoms with Gasteiger partial charge in [0.1, 0.15) is 6.29 Å². The summed E-state index contributed by atoms with van der Waals surface area (Å²) in [6.45, 7) is 2.11. The van der Waals surface area contributed by atoms with E-state index in [9.17, 15) is 4.79 Å². The van der Waals surface area contributed by atoms with E-state index in [2.05, 4.69) is 31.2 Å². The van der Waals surface area contributed by atoms with Crippen LogP contribution < -0.4 is 0 Å². The largest absolute Gasteiger partial charge is 0.303 e. The summed E-state index contributed by atoms with van der Waals surface area (Å²) in [5.41, 5.74) is 2.72. The topological polar surface area (TPSA) is 17.1 Å². The molecule has 14 heavy (non-hydrogen) atoms. The molecule has 0 aliphatic heterocycles. The first-order valence-corrected chi connectivity index (χ1v) is 5.32. The van der Waals surface area contributed by atoms with Gasteiger partial charge in [0.25, 0.3) is 0 Å². The summed E-state index contributed by atoms with van der Waals surface area (Å²) in [5.74, 6) is 0. The van der Waals surface area contributed by atoms with Crippen LogP contribution in [-0.2, 0) is 11.2 Å². The van der Waals surface area contributed by atoms with E-state index in [-0.39, 0.29) is 0 Å². The molecule has 0 heterocycles. The normalized spacial score (nSPS) is 10.1. The molecule has 1 nitrogen and oxygen atoms in total. The third kappa shape index (κ3) is 4.22. The van der Waals surface area contributed by atoms with Crippen molar-refractivity contribution in [2.75, 3.05) is 0 Å². The highest BCUT2D eigenvalue weighted by molar-refractivity contribution is 5.48. The lowest BCUT2D eigenvalue weighted by atomic mass is 10.1. The van der Waals surface area contributed by atoms with Crippen molar-refractivity contribution in [3.63, 3.8) is 0 Å². The van der Waals surface area contributed by atoms with Gasteiger partial charge < -0.3 is 4.79 Å². The van der Waals surface area contributed by atoms with E-state index in [1.54, 1.807) is 0 Å². The molecule has 0 spiro atoms. The smallest absolute Gasteiger partial charge is 0.119 e. The molecule has 0 aliphatic carbocycles. The minimum absolute atomic E-state index is 0.716. The van der Waals surface area contributed by atoms with Crippen molar-refractivity contribution >= 4 is 6.29 Å². The molecular formula is C13H18O. The fourth-order valence-electron chi connectivity index (χ4n) is 1.49. The Kier molecular flexibility index (Phi) is 4.98. The standard InChI is InChI=1S/C13H18O/c1-12-7-9-13(10-8-12)6-4-2-3-5-11-14/h7-11H,2-6H2,1H3. The molecular weight excluding hydrogens is 172 g/mol. The second-order valence-electron chi connectivity index (χ2n) is 3.75. The van der Waals surface area contributed by atoms with Crippen molar-refractivity contribution < 1.29 is 4.79 Å². The first kappa shape index (κ1) is 11.0. The van der Waals surface area contributed by atoms with Crippen LogP contribution in [0.5, 0.6) is 0 Å². The summed E-state index contributed by atoms with van der Waals surface area (Å²) in [6.07, 6.45) is 6.25. The van der Waals surface area contributed by atoms with Crippen LogP contribution in [0.4, 0.5) is 0 Å². The van der Waals surface area contributed by atoms with Crippen LogP contribution in [0, 0.1) is 6.92 Å². The predicted octanol–water partition coefficient (Wildman–Crippen LogP) is 3.30. The molecule has 0 radical (unpaired) electrons. The number of carbonyl (C=O) groups excluding carboxylic acids is 1. The minimum Gasteiger partial charge on any atom is -0.303 e. The van der Waals surface area contributed by atoms with Gasteiger partial charge in [0, 0.05) is 6.42 Å². The third-order valence-electron chi connectivity index (χ3n) is 2.41. The summed E-state index contributed by atoms with van der Waals surface area (Å²) in [7, 11) is 0. The van der Waals surface area contributed by atoms with Crippen molar-refractivity contribution in [1.82, 2.24) is 0 Å². The summed E-state index contributed by atoms with van der Waals surface area (Å²) in [6, 6.07) is 8.69. The lowest BCUT2D eigenvalue weighted by Gasteiger charge is -2.01. The number of unbranched alkanes of at least 4 members (excludes halogenated alkanes) is 3. The molecule has 0 atom stereocenters. The maximum absolute atomic E-state index is 10.1. The van der Waals surface area contributed by atoms with Crippen LogP contribution >= 0.6 is 0 Å². The maximum Gasteiger partial charge on any atom is 0.119 e. The summed E-state index contributed by atoms with van der Waals surface area (Å²) in [5, 5.41) is 0. The first-order chi connectivity index (χ1) is 6.83. The van der Waals surface area contributed by atoms with E-state index in [1.165, 1.54) is 17.5 Å². The van der Waals surface area contributed by atoms with Crippen molar-refractivity contribution in [3.8, 4) is 0 Å². The Balaban J connectivity index is 2.18. The zero-order valence-corrected chi connectivity index (χ0v) is 8.83. The zero-order chi connectivity index (χ0) is 10.2. The zero-order valence-electron chi connectivity index (χ0n) is 8.83. The highest BCUT2D eigenvalue weighted by atomic mass is 16.1. The third-order valence-corrected chi connectivity index (χ3v) is 2.41. The lowest BCUT2D eigenvalue weighted by Crippen LogP contribution is -1.86. The number of aldehydes is 1. The van der Waals surface area contributed by atoms with Crippen LogP contribution in [0.3, 0.4) is 0 Å². The number of hydrogen-bond donors (Lipinski definition) is 0. The van der Waals surface area contributed by atoms with Gasteiger partial charge >= 0.3 is 0 Å². The molecule has 0 N–H and O–H groups in total. The second-order valence-corrected chi connectivity index (χ2v) is 3.75. The van der Waals surface area contributed by atoms with Gasteiger partial charge in [-0.2, -0.15) is 0 Å². The van der Waals surface area contributed by atoms with Crippen molar-refractivity contribution in [2.24, 2.45) is 0 Å². The highest BCUT2D eigenvalue weighted by Crippen LogP contribution is 2.08. The fourth-order valence-corrected chi connectivity index (χ4v) is 1.49. The van der Waals surface area contributed by atoms with Gasteiger partial charge in [-0.25, -0.2) is 0 Å². The Morgan fingerprint density at radius 2 is 1.79 bits per heavy atom. The van der Waals surface area contributed by atoms with Crippen molar-refractivity contribution in [3.05, 3.63) is 35.4 Å². The Bertz CT molecular complexity index is 261. The highest BCUT2D eigenvalue weighted by Gasteiger charge is 1.93. The van der Waals surface area contributed by atoms with E-state index in [0.717, 1.165) is 25.5 Å². The molecule has 0 saturated heterocycles. The van der Waals surface area contributed by atoms with Crippen LogP contribution in [0.2, 0.25) is 0 Å². The van der Waals surface area contributed by atoms with Gasteiger partial charge in [-0.05, 0) is 31.7 Å². The van der Waals surface area contributed by atoms with Gasteiger partial charge in [-0.1, -0.05) is 36.2 Å². The molecule has 0 saturated carbocycles. The molecule has 0 aromatic heterocycles. The van der Waals surface area contributed by atoms with Gasteiger partial charge in [-0.15, -0.1) is 0 Å². The molecule has 0 bridgehead atoms. The SMILES string of the molecule is Cc1ccc(CCCCCC=O)cc1. The maximum atomic E-state index is 10.1. The van der Waals surface area contributed by atoms with Crippen LogP contribution in [-0.4, -0.2) is 6.29 Å². The van der Waals surface area contributed by atoms with E-state index in [1.807, 2.05) is 0 Å². The molecule has 1 aromatic carbocycles. The fraction of sp³-hybridized carbons (Fsp3) is 0.462. The Labute approximate surface area is 86.1 Å². The number of hydrogen-bond acceptors (Lipinski definition) is 1. The number of aryl methyl sites for hydroxylation is 2. The van der Waals surface area contributed by atoms with E-state index in [0.29, 0.717) is 6.42 Å². The van der Waals surface area contributed by atoms with Gasteiger partial charge in [-0.3, -0.25) is 0 Å². The molecule has 0 aliphatic rings. The van der Waals surface area contributed by atoms with E-state index < -0.39 is 0 Å². The second kappa shape index (κ2) is 6.36. The lowest BCUT2D eigenvalue weighted by molar-refractivity contribution is -0.107. The summed E-state index contributed by atoms with van der Waals surface area (Å²) >= 11 is 0. The van der Waals surface area contributed by atoms with Gasteiger partial charge in [0.2, 0.25) is 0 Å². The quantitative estimate of drug-likeness (QED) is 0.497.